The molecule has 0 saturated heterocycles. The van der Waals surface area contributed by atoms with E-state index in [9.17, 15) is 0 Å². The monoisotopic (exact) mass is 237 g/mol. The van der Waals surface area contributed by atoms with Crippen LogP contribution in [0.4, 0.5) is 0 Å². The summed E-state index contributed by atoms with van der Waals surface area (Å²) in [5.41, 5.74) is 0. The Hall–Kier alpha value is -1.42. The van der Waals surface area contributed by atoms with Gasteiger partial charge in [0.05, 0.1) is 6.61 Å². The lowest BCUT2D eigenvalue weighted by Gasteiger charge is -2.20. The first kappa shape index (κ1) is 12.0. The lowest BCUT2D eigenvalue weighted by molar-refractivity contribution is 0.161. The van der Waals surface area contributed by atoms with Crippen LogP contribution in [0.25, 0.3) is 0 Å². The summed E-state index contributed by atoms with van der Waals surface area (Å²) in [5.74, 6) is 2.31. The van der Waals surface area contributed by atoms with Gasteiger partial charge < -0.3 is 19.5 Å². The Balaban J connectivity index is 1.87. The Morgan fingerprint density at radius 1 is 1.24 bits per heavy atom. The fourth-order valence-electron chi connectivity index (χ4n) is 1.75. The van der Waals surface area contributed by atoms with E-state index < -0.39 is 0 Å². The van der Waals surface area contributed by atoms with Crippen molar-refractivity contribution >= 4 is 0 Å². The van der Waals surface area contributed by atoms with Gasteiger partial charge in [-0.25, -0.2) is 0 Å². The Bertz CT molecular complexity index is 355. The molecule has 0 radical (unpaired) electrons. The van der Waals surface area contributed by atoms with Crippen molar-refractivity contribution in [3.8, 4) is 17.2 Å². The normalized spacial score (nSPS) is 13.5. The van der Waals surface area contributed by atoms with Crippen molar-refractivity contribution in [2.45, 2.75) is 12.8 Å². The number of hydrogen-bond donors (Lipinski definition) is 1. The first-order valence-electron chi connectivity index (χ1n) is 6.08. The van der Waals surface area contributed by atoms with Crippen LogP contribution in [-0.4, -0.2) is 33.4 Å². The fourth-order valence-corrected chi connectivity index (χ4v) is 1.75. The molecule has 1 aliphatic heterocycles. The molecule has 2 rings (SSSR count). The zero-order chi connectivity index (χ0) is 11.9. The second-order valence-corrected chi connectivity index (χ2v) is 3.94. The summed E-state index contributed by atoms with van der Waals surface area (Å²) in [6.07, 6.45) is 2.15. The smallest absolute Gasteiger partial charge is 0.203 e. The SMILES string of the molecule is CNCCCCOc1cccc2c1OCCO2. The maximum Gasteiger partial charge on any atom is 0.203 e. The predicted octanol–water partition coefficient (Wildman–Crippen LogP) is 1.84. The van der Waals surface area contributed by atoms with E-state index in [1.165, 1.54) is 0 Å². The summed E-state index contributed by atoms with van der Waals surface area (Å²) >= 11 is 0. The maximum atomic E-state index is 5.72. The predicted molar refractivity (Wildman–Crippen MR) is 66.1 cm³/mol. The molecule has 0 aliphatic carbocycles. The number of ether oxygens (including phenoxy) is 3. The van der Waals surface area contributed by atoms with Crippen molar-refractivity contribution in [3.63, 3.8) is 0 Å². The first-order valence-corrected chi connectivity index (χ1v) is 6.08. The van der Waals surface area contributed by atoms with Crippen LogP contribution in [0.5, 0.6) is 17.2 Å². The number of unbranched alkanes of at least 4 members (excludes halogenated alkanes) is 1. The number of fused-ring (bicyclic) bond motifs is 1. The molecule has 0 aromatic heterocycles. The van der Waals surface area contributed by atoms with Crippen LogP contribution in [0, 0.1) is 0 Å². The molecule has 0 spiro atoms. The third kappa shape index (κ3) is 3.27. The fraction of sp³-hybridized carbons (Fsp3) is 0.538. The molecule has 1 aromatic carbocycles. The van der Waals surface area contributed by atoms with E-state index in [-0.39, 0.29) is 0 Å². The van der Waals surface area contributed by atoms with Gasteiger partial charge in [0.15, 0.2) is 11.5 Å². The van der Waals surface area contributed by atoms with Crippen molar-refractivity contribution in [2.24, 2.45) is 0 Å². The average molecular weight is 237 g/mol. The molecular weight excluding hydrogens is 218 g/mol. The summed E-state index contributed by atoms with van der Waals surface area (Å²) in [7, 11) is 1.96. The van der Waals surface area contributed by atoms with Crippen molar-refractivity contribution in [1.82, 2.24) is 5.32 Å². The highest BCUT2D eigenvalue weighted by Gasteiger charge is 2.16. The third-order valence-corrected chi connectivity index (χ3v) is 2.61. The molecule has 0 amide bonds. The molecule has 0 bridgehead atoms. The molecule has 0 atom stereocenters. The number of rotatable bonds is 6. The van der Waals surface area contributed by atoms with Crippen LogP contribution in [0.1, 0.15) is 12.8 Å². The number of nitrogens with one attached hydrogen (secondary N) is 1. The van der Waals surface area contributed by atoms with E-state index in [4.69, 9.17) is 14.2 Å². The Kier molecular flexibility index (Phi) is 4.50. The van der Waals surface area contributed by atoms with E-state index in [0.29, 0.717) is 19.8 Å². The lowest BCUT2D eigenvalue weighted by Crippen LogP contribution is -2.16. The molecule has 4 heteroatoms. The quantitative estimate of drug-likeness (QED) is 0.766. The summed E-state index contributed by atoms with van der Waals surface area (Å²) in [5, 5.41) is 3.12. The van der Waals surface area contributed by atoms with Crippen molar-refractivity contribution < 1.29 is 14.2 Å². The standard InChI is InChI=1S/C13H19NO3/c1-14-7-2-3-8-15-11-5-4-6-12-13(11)17-10-9-16-12/h4-6,14H,2-3,7-10H2,1H3. The first-order chi connectivity index (χ1) is 8.42. The molecule has 94 valence electrons. The second-order valence-electron chi connectivity index (χ2n) is 3.94. The van der Waals surface area contributed by atoms with E-state index in [2.05, 4.69) is 5.32 Å². The highest BCUT2D eigenvalue weighted by atomic mass is 16.6. The van der Waals surface area contributed by atoms with Crippen LogP contribution in [0.3, 0.4) is 0 Å². The highest BCUT2D eigenvalue weighted by Crippen LogP contribution is 2.38. The molecule has 4 nitrogen and oxygen atoms in total. The molecule has 0 saturated carbocycles. The maximum absolute atomic E-state index is 5.72. The van der Waals surface area contributed by atoms with Gasteiger partial charge in [0.2, 0.25) is 5.75 Å². The van der Waals surface area contributed by atoms with Gasteiger partial charge in [0.1, 0.15) is 13.2 Å². The number of hydrogen-bond acceptors (Lipinski definition) is 4. The molecule has 1 aromatic rings. The average Bonchev–Trinajstić information content (AvgIpc) is 2.39. The van der Waals surface area contributed by atoms with Crippen LogP contribution in [0.2, 0.25) is 0 Å². The highest BCUT2D eigenvalue weighted by molar-refractivity contribution is 5.51. The Morgan fingerprint density at radius 2 is 2.12 bits per heavy atom. The molecule has 0 fully saturated rings. The summed E-state index contributed by atoms with van der Waals surface area (Å²) in [6, 6.07) is 5.75. The minimum absolute atomic E-state index is 0.590. The molecule has 1 heterocycles. The van der Waals surface area contributed by atoms with Crippen molar-refractivity contribution in [3.05, 3.63) is 18.2 Å². The van der Waals surface area contributed by atoms with E-state index in [0.717, 1.165) is 36.6 Å². The van der Waals surface area contributed by atoms with Gasteiger partial charge in [-0.15, -0.1) is 0 Å². The van der Waals surface area contributed by atoms with Gasteiger partial charge in [-0.05, 0) is 38.6 Å². The van der Waals surface area contributed by atoms with Gasteiger partial charge in [0.25, 0.3) is 0 Å². The van der Waals surface area contributed by atoms with E-state index >= 15 is 0 Å². The van der Waals surface area contributed by atoms with Crippen molar-refractivity contribution in [1.29, 1.82) is 0 Å². The van der Waals surface area contributed by atoms with Gasteiger partial charge in [-0.2, -0.15) is 0 Å². The minimum Gasteiger partial charge on any atom is -0.490 e. The minimum atomic E-state index is 0.590. The van der Waals surface area contributed by atoms with Crippen LogP contribution in [-0.2, 0) is 0 Å². The zero-order valence-electron chi connectivity index (χ0n) is 10.2. The van der Waals surface area contributed by atoms with E-state index in [1.54, 1.807) is 0 Å². The summed E-state index contributed by atoms with van der Waals surface area (Å²) < 4.78 is 16.8. The van der Waals surface area contributed by atoms with Crippen LogP contribution < -0.4 is 19.5 Å². The molecule has 1 aliphatic rings. The number of benzene rings is 1. The van der Waals surface area contributed by atoms with E-state index in [1.807, 2.05) is 25.2 Å². The van der Waals surface area contributed by atoms with Crippen LogP contribution >= 0.6 is 0 Å². The van der Waals surface area contributed by atoms with Crippen LogP contribution in [0.15, 0.2) is 18.2 Å². The second kappa shape index (κ2) is 6.35. The molecule has 0 unspecified atom stereocenters. The molecular formula is C13H19NO3. The zero-order valence-corrected chi connectivity index (χ0v) is 10.2. The van der Waals surface area contributed by atoms with Gasteiger partial charge in [-0.1, -0.05) is 6.07 Å². The van der Waals surface area contributed by atoms with Gasteiger partial charge in [-0.3, -0.25) is 0 Å². The molecule has 1 N–H and O–H groups in total. The van der Waals surface area contributed by atoms with Gasteiger partial charge in [0, 0.05) is 0 Å². The largest absolute Gasteiger partial charge is 0.490 e. The van der Waals surface area contributed by atoms with Crippen molar-refractivity contribution in [2.75, 3.05) is 33.4 Å². The Morgan fingerprint density at radius 3 is 3.00 bits per heavy atom. The Labute approximate surface area is 102 Å². The lowest BCUT2D eigenvalue weighted by atomic mass is 10.2. The summed E-state index contributed by atoms with van der Waals surface area (Å²) in [6.45, 7) is 2.93. The third-order valence-electron chi connectivity index (χ3n) is 2.61. The van der Waals surface area contributed by atoms with Gasteiger partial charge >= 0.3 is 0 Å². The number of para-hydroxylation sites is 1. The summed E-state index contributed by atoms with van der Waals surface area (Å²) in [4.78, 5) is 0. The topological polar surface area (TPSA) is 39.7 Å². The molecule has 17 heavy (non-hydrogen) atoms.